The van der Waals surface area contributed by atoms with Crippen LogP contribution < -0.4 is 9.80 Å². The molecule has 0 unspecified atom stereocenters. The van der Waals surface area contributed by atoms with E-state index in [1.165, 1.54) is 28.4 Å². The van der Waals surface area contributed by atoms with E-state index in [-0.39, 0.29) is 4.90 Å². The van der Waals surface area contributed by atoms with Gasteiger partial charge < -0.3 is 9.80 Å². The van der Waals surface area contributed by atoms with Crippen molar-refractivity contribution in [2.45, 2.75) is 45.7 Å². The predicted octanol–water partition coefficient (Wildman–Crippen LogP) is 8.73. The third-order valence-corrected chi connectivity index (χ3v) is 8.16. The summed E-state index contributed by atoms with van der Waals surface area (Å²) in [5.41, 5.74) is 7.16. The molecule has 0 aliphatic heterocycles. The van der Waals surface area contributed by atoms with Crippen LogP contribution in [0.1, 0.15) is 36.1 Å². The van der Waals surface area contributed by atoms with Gasteiger partial charge in [-0.15, -0.1) is 0 Å². The number of aryl methyl sites for hydroxylation is 2. The quantitative estimate of drug-likeness (QED) is 0.174. The fourth-order valence-electron chi connectivity index (χ4n) is 4.29. The van der Waals surface area contributed by atoms with Gasteiger partial charge >= 0.3 is 0 Å². The SMILES string of the molecule is CCN(Cc1cccc(Br)c1)c1cccc(C)c1.CCN(Cc1cccc(S(=O)(=O)Cl)c1)c1cccc(C)c1. The molecule has 0 saturated carbocycles. The Morgan fingerprint density at radius 3 is 1.56 bits per heavy atom. The maximum atomic E-state index is 11.4. The lowest BCUT2D eigenvalue weighted by Gasteiger charge is -2.23. The highest BCUT2D eigenvalue weighted by molar-refractivity contribution is 9.10. The molecule has 4 aromatic rings. The van der Waals surface area contributed by atoms with Crippen molar-refractivity contribution in [3.8, 4) is 0 Å². The number of anilines is 2. The molecule has 4 nitrogen and oxygen atoms in total. The average molecular weight is 628 g/mol. The lowest BCUT2D eigenvalue weighted by molar-refractivity contribution is 0.609. The number of hydrogen-bond donors (Lipinski definition) is 0. The molecule has 0 fully saturated rings. The molecule has 0 heterocycles. The molecule has 4 rings (SSSR count). The smallest absolute Gasteiger partial charge is 0.261 e. The predicted molar refractivity (Wildman–Crippen MR) is 169 cm³/mol. The Balaban J connectivity index is 0.000000218. The van der Waals surface area contributed by atoms with Crippen LogP contribution in [0.25, 0.3) is 0 Å². The summed E-state index contributed by atoms with van der Waals surface area (Å²) in [6, 6.07) is 32.2. The summed E-state index contributed by atoms with van der Waals surface area (Å²) in [6.07, 6.45) is 0. The molecule has 0 N–H and O–H groups in total. The van der Waals surface area contributed by atoms with E-state index in [1.54, 1.807) is 12.1 Å². The fourth-order valence-corrected chi connectivity index (χ4v) is 5.56. The van der Waals surface area contributed by atoms with E-state index in [2.05, 4.69) is 120 Å². The van der Waals surface area contributed by atoms with Gasteiger partial charge in [-0.25, -0.2) is 8.42 Å². The van der Waals surface area contributed by atoms with Crippen molar-refractivity contribution < 1.29 is 8.42 Å². The molecule has 0 atom stereocenters. The zero-order chi connectivity index (χ0) is 28.4. The minimum Gasteiger partial charge on any atom is -0.367 e. The van der Waals surface area contributed by atoms with Crippen LogP contribution in [0.15, 0.2) is 106 Å². The molecule has 206 valence electrons. The van der Waals surface area contributed by atoms with Crippen LogP contribution >= 0.6 is 26.6 Å². The van der Waals surface area contributed by atoms with Crippen LogP contribution in [0, 0.1) is 13.8 Å². The van der Waals surface area contributed by atoms with Crippen molar-refractivity contribution in [3.63, 3.8) is 0 Å². The highest BCUT2D eigenvalue weighted by Crippen LogP contribution is 2.22. The average Bonchev–Trinajstić information content (AvgIpc) is 2.90. The summed E-state index contributed by atoms with van der Waals surface area (Å²) in [5, 5.41) is 0. The molecule has 0 spiro atoms. The summed E-state index contributed by atoms with van der Waals surface area (Å²) < 4.78 is 24.0. The van der Waals surface area contributed by atoms with E-state index < -0.39 is 9.05 Å². The van der Waals surface area contributed by atoms with E-state index in [1.807, 2.05) is 12.1 Å². The van der Waals surface area contributed by atoms with Gasteiger partial charge in [-0.05, 0) is 98.5 Å². The highest BCUT2D eigenvalue weighted by Gasteiger charge is 2.12. The fraction of sp³-hybridized carbons (Fsp3) is 0.250. The van der Waals surface area contributed by atoms with E-state index in [9.17, 15) is 8.42 Å². The van der Waals surface area contributed by atoms with Crippen molar-refractivity contribution in [3.05, 3.63) is 124 Å². The third-order valence-electron chi connectivity index (χ3n) is 6.31. The highest BCUT2D eigenvalue weighted by atomic mass is 79.9. The van der Waals surface area contributed by atoms with Gasteiger partial charge in [0.2, 0.25) is 0 Å². The van der Waals surface area contributed by atoms with Gasteiger partial charge in [0.15, 0.2) is 0 Å². The summed E-state index contributed by atoms with van der Waals surface area (Å²) in [6.45, 7) is 11.9. The van der Waals surface area contributed by atoms with Crippen LogP contribution in [0.5, 0.6) is 0 Å². The molecule has 0 amide bonds. The number of rotatable bonds is 9. The van der Waals surface area contributed by atoms with Crippen LogP contribution in [0.3, 0.4) is 0 Å². The standard InChI is InChI=1S/C16H18BrN.C16H18ClNO2S/c1-3-18(16-9-4-6-13(2)10-16)12-14-7-5-8-15(17)11-14;1-3-18(15-8-4-6-13(2)10-15)12-14-7-5-9-16(11-14)21(17,19)20/h4-11H,3,12H2,1-2H3;4-11H,3,12H2,1-2H3. The van der Waals surface area contributed by atoms with Gasteiger partial charge in [0.05, 0.1) is 4.90 Å². The Hall–Kier alpha value is -2.80. The molecule has 0 aromatic heterocycles. The molecule has 39 heavy (non-hydrogen) atoms. The molecule has 7 heteroatoms. The van der Waals surface area contributed by atoms with Crippen molar-refractivity contribution in [2.24, 2.45) is 0 Å². The molecule has 4 aromatic carbocycles. The van der Waals surface area contributed by atoms with Gasteiger partial charge in [0.25, 0.3) is 9.05 Å². The van der Waals surface area contributed by atoms with Crippen LogP contribution in [0.2, 0.25) is 0 Å². The second-order valence-corrected chi connectivity index (χ2v) is 12.9. The van der Waals surface area contributed by atoms with E-state index in [0.717, 1.165) is 35.4 Å². The minimum atomic E-state index is -3.69. The number of hydrogen-bond acceptors (Lipinski definition) is 4. The first-order valence-electron chi connectivity index (χ1n) is 13.0. The molecule has 0 aliphatic carbocycles. The Kier molecular flexibility index (Phi) is 11.5. The monoisotopic (exact) mass is 626 g/mol. The van der Waals surface area contributed by atoms with Crippen LogP contribution in [-0.2, 0) is 22.1 Å². The van der Waals surface area contributed by atoms with Gasteiger partial charge in [-0.1, -0.05) is 64.5 Å². The zero-order valence-corrected chi connectivity index (χ0v) is 26.1. The van der Waals surface area contributed by atoms with Gasteiger partial charge in [-0.2, -0.15) is 0 Å². The van der Waals surface area contributed by atoms with E-state index in [0.29, 0.717) is 6.54 Å². The Labute approximate surface area is 246 Å². The maximum Gasteiger partial charge on any atom is 0.261 e. The zero-order valence-electron chi connectivity index (χ0n) is 22.9. The molecule has 0 aliphatic rings. The minimum absolute atomic E-state index is 0.141. The third kappa shape index (κ3) is 9.71. The maximum absolute atomic E-state index is 11.4. The lowest BCUT2D eigenvalue weighted by Crippen LogP contribution is -2.22. The van der Waals surface area contributed by atoms with Crippen molar-refractivity contribution in [2.75, 3.05) is 22.9 Å². The molecule has 0 radical (unpaired) electrons. The first-order valence-corrected chi connectivity index (χ1v) is 16.1. The van der Waals surface area contributed by atoms with E-state index in [4.69, 9.17) is 10.7 Å². The van der Waals surface area contributed by atoms with E-state index >= 15 is 0 Å². The Morgan fingerprint density at radius 2 is 1.13 bits per heavy atom. The van der Waals surface area contributed by atoms with Crippen LogP contribution in [-0.4, -0.2) is 21.5 Å². The van der Waals surface area contributed by atoms with Crippen molar-refractivity contribution >= 4 is 47.0 Å². The van der Waals surface area contributed by atoms with Crippen LogP contribution in [0.4, 0.5) is 11.4 Å². The molecular weight excluding hydrogens is 592 g/mol. The van der Waals surface area contributed by atoms with Gasteiger partial charge in [0, 0.05) is 52.7 Å². The lowest BCUT2D eigenvalue weighted by atomic mass is 10.1. The second kappa shape index (κ2) is 14.5. The largest absolute Gasteiger partial charge is 0.367 e. The Morgan fingerprint density at radius 1 is 0.667 bits per heavy atom. The van der Waals surface area contributed by atoms with Crippen molar-refractivity contribution in [1.29, 1.82) is 0 Å². The molecule has 0 saturated heterocycles. The second-order valence-electron chi connectivity index (χ2n) is 9.42. The summed E-state index contributed by atoms with van der Waals surface area (Å²) in [7, 11) is 1.71. The molecule has 0 bridgehead atoms. The summed E-state index contributed by atoms with van der Waals surface area (Å²) in [5.74, 6) is 0. The van der Waals surface area contributed by atoms with Gasteiger partial charge in [-0.3, -0.25) is 0 Å². The van der Waals surface area contributed by atoms with Crippen molar-refractivity contribution in [1.82, 2.24) is 0 Å². The summed E-state index contributed by atoms with van der Waals surface area (Å²) in [4.78, 5) is 4.71. The molecular formula is C32H36BrClN2O2S. The number of halogens is 2. The number of nitrogens with zero attached hydrogens (tertiary/aromatic N) is 2. The topological polar surface area (TPSA) is 40.6 Å². The van der Waals surface area contributed by atoms with Gasteiger partial charge in [0.1, 0.15) is 0 Å². The Bertz CT molecular complexity index is 1480. The first-order chi connectivity index (χ1) is 18.6. The normalized spacial score (nSPS) is 10.9. The summed E-state index contributed by atoms with van der Waals surface area (Å²) >= 11 is 3.52. The number of benzene rings is 4. The first kappa shape index (κ1) is 30.7.